The van der Waals surface area contributed by atoms with E-state index < -0.39 is 6.10 Å². The van der Waals surface area contributed by atoms with E-state index in [1.807, 2.05) is 44.2 Å². The van der Waals surface area contributed by atoms with Gasteiger partial charge in [0.15, 0.2) is 0 Å². The zero-order chi connectivity index (χ0) is 12.8. The molecule has 2 atom stereocenters. The lowest BCUT2D eigenvalue weighted by Gasteiger charge is -2.29. The lowest BCUT2D eigenvalue weighted by atomic mass is 10.0. The maximum atomic E-state index is 11.7. The Morgan fingerprint density at radius 3 is 2.47 bits per heavy atom. The van der Waals surface area contributed by atoms with E-state index >= 15 is 0 Å². The van der Waals surface area contributed by atoms with Gasteiger partial charge in [0.05, 0.1) is 12.1 Å². The molecule has 1 amide bonds. The van der Waals surface area contributed by atoms with Crippen LogP contribution in [0.25, 0.3) is 0 Å². The molecular weight excluding hydrogens is 214 g/mol. The molecule has 0 aromatic heterocycles. The molecule has 94 valence electrons. The van der Waals surface area contributed by atoms with Gasteiger partial charge in [-0.25, -0.2) is 0 Å². The fraction of sp³-hybridized carbons (Fsp3) is 0.500. The van der Waals surface area contributed by atoms with E-state index in [1.165, 1.54) is 0 Å². The van der Waals surface area contributed by atoms with Gasteiger partial charge in [0.2, 0.25) is 5.91 Å². The number of likely N-dealkylation sites (N-methyl/N-ethyl adjacent to an activating group) is 1. The van der Waals surface area contributed by atoms with E-state index in [0.717, 1.165) is 12.0 Å². The second-order valence-electron chi connectivity index (χ2n) is 4.35. The van der Waals surface area contributed by atoms with Crippen molar-refractivity contribution >= 4 is 5.91 Å². The van der Waals surface area contributed by atoms with Gasteiger partial charge in [-0.2, -0.15) is 0 Å². The SMILES string of the molecule is CCCC(=O)N(C)C(C)C(O)c1ccccc1. The van der Waals surface area contributed by atoms with E-state index in [0.29, 0.717) is 6.42 Å². The van der Waals surface area contributed by atoms with Crippen LogP contribution in [0.4, 0.5) is 0 Å². The molecule has 0 bridgehead atoms. The third-order valence-corrected chi connectivity index (χ3v) is 3.07. The summed E-state index contributed by atoms with van der Waals surface area (Å²) in [4.78, 5) is 13.4. The van der Waals surface area contributed by atoms with Crippen LogP contribution in [-0.4, -0.2) is 29.0 Å². The number of carbonyl (C=O) groups is 1. The highest BCUT2D eigenvalue weighted by atomic mass is 16.3. The number of aliphatic hydroxyl groups is 1. The highest BCUT2D eigenvalue weighted by Crippen LogP contribution is 2.20. The monoisotopic (exact) mass is 235 g/mol. The standard InChI is InChI=1S/C14H21NO2/c1-4-8-13(16)15(3)11(2)14(17)12-9-6-5-7-10-12/h5-7,9-11,14,17H,4,8H2,1-3H3. The largest absolute Gasteiger partial charge is 0.386 e. The van der Waals surface area contributed by atoms with Gasteiger partial charge in [-0.3, -0.25) is 4.79 Å². The molecule has 1 aromatic rings. The van der Waals surface area contributed by atoms with Gasteiger partial charge in [0.1, 0.15) is 0 Å². The van der Waals surface area contributed by atoms with Gasteiger partial charge in [-0.15, -0.1) is 0 Å². The first-order valence-corrected chi connectivity index (χ1v) is 6.06. The van der Waals surface area contributed by atoms with Crippen LogP contribution in [0.3, 0.4) is 0 Å². The minimum Gasteiger partial charge on any atom is -0.386 e. The predicted octanol–water partition coefficient (Wildman–Crippen LogP) is 2.37. The molecular formula is C14H21NO2. The third-order valence-electron chi connectivity index (χ3n) is 3.07. The number of hydrogen-bond donors (Lipinski definition) is 1. The van der Waals surface area contributed by atoms with Crippen molar-refractivity contribution in [1.82, 2.24) is 4.90 Å². The lowest BCUT2D eigenvalue weighted by Crippen LogP contribution is -2.38. The van der Waals surface area contributed by atoms with Crippen molar-refractivity contribution < 1.29 is 9.90 Å². The first-order chi connectivity index (χ1) is 8.07. The molecule has 0 fully saturated rings. The van der Waals surface area contributed by atoms with Crippen molar-refractivity contribution in [3.05, 3.63) is 35.9 Å². The lowest BCUT2D eigenvalue weighted by molar-refractivity contribution is -0.134. The third kappa shape index (κ3) is 3.56. The Morgan fingerprint density at radius 2 is 1.94 bits per heavy atom. The first-order valence-electron chi connectivity index (χ1n) is 6.06. The Bertz CT molecular complexity index is 350. The minimum atomic E-state index is -0.637. The Balaban J connectivity index is 2.69. The summed E-state index contributed by atoms with van der Waals surface area (Å²) in [5.74, 6) is 0.0787. The molecule has 0 saturated heterocycles. The van der Waals surface area contributed by atoms with Gasteiger partial charge >= 0.3 is 0 Å². The van der Waals surface area contributed by atoms with Crippen LogP contribution in [0, 0.1) is 0 Å². The van der Waals surface area contributed by atoms with Crippen molar-refractivity contribution in [3.63, 3.8) is 0 Å². The molecule has 3 nitrogen and oxygen atoms in total. The number of carbonyl (C=O) groups excluding carboxylic acids is 1. The van der Waals surface area contributed by atoms with Gasteiger partial charge < -0.3 is 10.0 Å². The van der Waals surface area contributed by atoms with Crippen LogP contribution in [0.2, 0.25) is 0 Å². The maximum Gasteiger partial charge on any atom is 0.222 e. The number of aliphatic hydroxyl groups excluding tert-OH is 1. The molecule has 0 aliphatic carbocycles. The Hall–Kier alpha value is -1.35. The van der Waals surface area contributed by atoms with Gasteiger partial charge in [-0.1, -0.05) is 37.3 Å². The van der Waals surface area contributed by atoms with Crippen molar-refractivity contribution in [2.24, 2.45) is 0 Å². The zero-order valence-corrected chi connectivity index (χ0v) is 10.8. The zero-order valence-electron chi connectivity index (χ0n) is 10.8. The number of benzene rings is 1. The van der Waals surface area contributed by atoms with Crippen LogP contribution in [0.15, 0.2) is 30.3 Å². The van der Waals surface area contributed by atoms with Crippen LogP contribution >= 0.6 is 0 Å². The van der Waals surface area contributed by atoms with Crippen LogP contribution in [0.1, 0.15) is 38.4 Å². The normalized spacial score (nSPS) is 14.1. The highest BCUT2D eigenvalue weighted by molar-refractivity contribution is 5.76. The van der Waals surface area contributed by atoms with Gasteiger partial charge in [0.25, 0.3) is 0 Å². The topological polar surface area (TPSA) is 40.5 Å². The molecule has 0 aliphatic heterocycles. The molecule has 3 heteroatoms. The van der Waals surface area contributed by atoms with E-state index in [4.69, 9.17) is 0 Å². The Morgan fingerprint density at radius 1 is 1.35 bits per heavy atom. The van der Waals surface area contributed by atoms with Crippen molar-refractivity contribution in [3.8, 4) is 0 Å². The second kappa shape index (κ2) is 6.40. The van der Waals surface area contributed by atoms with Crippen LogP contribution in [-0.2, 0) is 4.79 Å². The molecule has 1 N–H and O–H groups in total. The van der Waals surface area contributed by atoms with Gasteiger partial charge in [-0.05, 0) is 18.9 Å². The van der Waals surface area contributed by atoms with Crippen LogP contribution < -0.4 is 0 Å². The van der Waals surface area contributed by atoms with Crippen molar-refractivity contribution in [1.29, 1.82) is 0 Å². The summed E-state index contributed by atoms with van der Waals surface area (Å²) in [6, 6.07) is 9.22. The molecule has 0 saturated carbocycles. The smallest absolute Gasteiger partial charge is 0.222 e. The highest BCUT2D eigenvalue weighted by Gasteiger charge is 2.23. The second-order valence-corrected chi connectivity index (χ2v) is 4.35. The molecule has 2 unspecified atom stereocenters. The van der Waals surface area contributed by atoms with Crippen molar-refractivity contribution in [2.45, 2.75) is 38.8 Å². The fourth-order valence-electron chi connectivity index (χ4n) is 1.76. The fourth-order valence-corrected chi connectivity index (χ4v) is 1.76. The molecule has 0 heterocycles. The molecule has 1 rings (SSSR count). The van der Waals surface area contributed by atoms with Gasteiger partial charge in [0, 0.05) is 13.5 Å². The number of amides is 1. The van der Waals surface area contributed by atoms with E-state index in [9.17, 15) is 9.90 Å². The average molecular weight is 235 g/mol. The summed E-state index contributed by atoms with van der Waals surface area (Å²) in [6.07, 6.45) is 0.724. The van der Waals surface area contributed by atoms with E-state index in [1.54, 1.807) is 11.9 Å². The van der Waals surface area contributed by atoms with Crippen LogP contribution in [0.5, 0.6) is 0 Å². The predicted molar refractivity (Wildman–Crippen MR) is 68.5 cm³/mol. The summed E-state index contributed by atoms with van der Waals surface area (Å²) in [7, 11) is 1.74. The van der Waals surface area contributed by atoms with Crippen molar-refractivity contribution in [2.75, 3.05) is 7.05 Å². The molecule has 0 spiro atoms. The summed E-state index contributed by atoms with van der Waals surface area (Å²) < 4.78 is 0. The summed E-state index contributed by atoms with van der Waals surface area (Å²) in [5, 5.41) is 10.2. The maximum absolute atomic E-state index is 11.7. The first kappa shape index (κ1) is 13.7. The molecule has 1 aromatic carbocycles. The molecule has 17 heavy (non-hydrogen) atoms. The quantitative estimate of drug-likeness (QED) is 0.851. The molecule has 0 radical (unpaired) electrons. The van der Waals surface area contributed by atoms with E-state index in [2.05, 4.69) is 0 Å². The van der Waals surface area contributed by atoms with E-state index in [-0.39, 0.29) is 11.9 Å². The minimum absolute atomic E-state index is 0.0787. The molecule has 0 aliphatic rings. The summed E-state index contributed by atoms with van der Waals surface area (Å²) >= 11 is 0. The summed E-state index contributed by atoms with van der Waals surface area (Å²) in [5.41, 5.74) is 0.844. The summed E-state index contributed by atoms with van der Waals surface area (Å²) in [6.45, 7) is 3.84. The number of nitrogens with zero attached hydrogens (tertiary/aromatic N) is 1. The number of rotatable bonds is 5. The number of hydrogen-bond acceptors (Lipinski definition) is 2. The average Bonchev–Trinajstić information content (AvgIpc) is 2.37. The Kier molecular flexibility index (Phi) is 5.16. The Labute approximate surface area is 103 Å².